The van der Waals surface area contributed by atoms with Crippen molar-refractivity contribution in [1.82, 2.24) is 0 Å². The van der Waals surface area contributed by atoms with Gasteiger partial charge in [0.2, 0.25) is 0 Å². The molecule has 0 aliphatic carbocycles. The number of allylic oxidation sites excluding steroid dienone is 1. The molecule has 0 aliphatic rings. The SMILES string of the molecule is C=CCCCCCCCCC(=O)CCCCCC(=O)OC. The first-order valence-corrected chi connectivity index (χ1v) is 8.40. The third kappa shape index (κ3) is 15.1. The highest BCUT2D eigenvalue weighted by Gasteiger charge is 2.03. The van der Waals surface area contributed by atoms with Gasteiger partial charge in [0.05, 0.1) is 7.11 Å². The third-order valence-electron chi connectivity index (χ3n) is 3.68. The van der Waals surface area contributed by atoms with Crippen molar-refractivity contribution in [2.75, 3.05) is 7.11 Å². The quantitative estimate of drug-likeness (QED) is 0.243. The standard InChI is InChI=1S/C18H32O3/c1-3-4-5-6-7-8-9-11-14-17(19)15-12-10-13-16-18(20)21-2/h3H,1,4-16H2,2H3. The Morgan fingerprint density at radius 3 is 1.86 bits per heavy atom. The van der Waals surface area contributed by atoms with E-state index in [2.05, 4.69) is 11.3 Å². The maximum Gasteiger partial charge on any atom is 0.305 e. The monoisotopic (exact) mass is 296 g/mol. The molecule has 0 rings (SSSR count). The fourth-order valence-corrected chi connectivity index (χ4v) is 2.31. The lowest BCUT2D eigenvalue weighted by Crippen LogP contribution is -2.00. The lowest BCUT2D eigenvalue weighted by molar-refractivity contribution is -0.140. The van der Waals surface area contributed by atoms with Crippen LogP contribution in [0.15, 0.2) is 12.7 Å². The molecule has 21 heavy (non-hydrogen) atoms. The molecule has 3 heteroatoms. The van der Waals surface area contributed by atoms with Crippen molar-refractivity contribution < 1.29 is 14.3 Å². The minimum Gasteiger partial charge on any atom is -0.469 e. The minimum absolute atomic E-state index is 0.158. The summed E-state index contributed by atoms with van der Waals surface area (Å²) < 4.78 is 4.57. The molecule has 0 aromatic heterocycles. The fourth-order valence-electron chi connectivity index (χ4n) is 2.31. The lowest BCUT2D eigenvalue weighted by atomic mass is 10.0. The van der Waals surface area contributed by atoms with Crippen LogP contribution in [-0.2, 0) is 14.3 Å². The molecule has 0 saturated carbocycles. The average Bonchev–Trinajstić information content (AvgIpc) is 2.49. The van der Waals surface area contributed by atoms with Gasteiger partial charge in [0.25, 0.3) is 0 Å². The van der Waals surface area contributed by atoms with E-state index < -0.39 is 0 Å². The zero-order valence-corrected chi connectivity index (χ0v) is 13.7. The van der Waals surface area contributed by atoms with Crippen molar-refractivity contribution in [2.45, 2.75) is 83.5 Å². The number of hydrogen-bond donors (Lipinski definition) is 0. The van der Waals surface area contributed by atoms with Crippen LogP contribution in [0.25, 0.3) is 0 Å². The zero-order chi connectivity index (χ0) is 15.8. The van der Waals surface area contributed by atoms with Crippen LogP contribution in [-0.4, -0.2) is 18.9 Å². The molecule has 0 spiro atoms. The minimum atomic E-state index is -0.158. The summed E-state index contributed by atoms with van der Waals surface area (Å²) in [5, 5.41) is 0. The number of hydrogen-bond acceptors (Lipinski definition) is 3. The number of rotatable bonds is 15. The zero-order valence-electron chi connectivity index (χ0n) is 13.7. The predicted octanol–water partition coefficient (Wildman–Crippen LogP) is 4.99. The van der Waals surface area contributed by atoms with Gasteiger partial charge in [-0.1, -0.05) is 38.2 Å². The molecule has 122 valence electrons. The Balaban J connectivity index is 3.23. The Kier molecular flexibility index (Phi) is 14.5. The van der Waals surface area contributed by atoms with Crippen LogP contribution in [0, 0.1) is 0 Å². The largest absolute Gasteiger partial charge is 0.469 e. The highest BCUT2D eigenvalue weighted by Crippen LogP contribution is 2.11. The van der Waals surface area contributed by atoms with Crippen LogP contribution in [0.3, 0.4) is 0 Å². The van der Waals surface area contributed by atoms with Crippen molar-refractivity contribution in [1.29, 1.82) is 0 Å². The molecule has 0 aromatic carbocycles. The predicted molar refractivity (Wildman–Crippen MR) is 87.2 cm³/mol. The van der Waals surface area contributed by atoms with Crippen LogP contribution in [0.5, 0.6) is 0 Å². The summed E-state index contributed by atoms with van der Waals surface area (Å²) in [5.74, 6) is 0.217. The second kappa shape index (κ2) is 15.3. The van der Waals surface area contributed by atoms with Gasteiger partial charge in [-0.3, -0.25) is 9.59 Å². The maximum atomic E-state index is 11.7. The summed E-state index contributed by atoms with van der Waals surface area (Å²) >= 11 is 0. The van der Waals surface area contributed by atoms with Crippen LogP contribution in [0.4, 0.5) is 0 Å². The molecule has 0 N–H and O–H groups in total. The molecule has 0 saturated heterocycles. The van der Waals surface area contributed by atoms with E-state index in [0.29, 0.717) is 18.6 Å². The van der Waals surface area contributed by atoms with Gasteiger partial charge < -0.3 is 4.74 Å². The van der Waals surface area contributed by atoms with Gasteiger partial charge in [0.1, 0.15) is 5.78 Å². The smallest absolute Gasteiger partial charge is 0.305 e. The molecule has 0 heterocycles. The summed E-state index contributed by atoms with van der Waals surface area (Å²) in [7, 11) is 1.41. The molecular weight excluding hydrogens is 264 g/mol. The van der Waals surface area contributed by atoms with Gasteiger partial charge in [-0.15, -0.1) is 6.58 Å². The van der Waals surface area contributed by atoms with Gasteiger partial charge in [-0.2, -0.15) is 0 Å². The number of carbonyl (C=O) groups is 2. The Bertz CT molecular complexity index is 284. The number of carbonyl (C=O) groups excluding carboxylic acids is 2. The van der Waals surface area contributed by atoms with E-state index >= 15 is 0 Å². The van der Waals surface area contributed by atoms with Gasteiger partial charge >= 0.3 is 5.97 Å². The summed E-state index contributed by atoms with van der Waals surface area (Å²) in [4.78, 5) is 22.6. The average molecular weight is 296 g/mol. The van der Waals surface area contributed by atoms with E-state index in [1.54, 1.807) is 0 Å². The van der Waals surface area contributed by atoms with Crippen molar-refractivity contribution in [3.63, 3.8) is 0 Å². The molecule has 3 nitrogen and oxygen atoms in total. The first kappa shape index (κ1) is 19.9. The maximum absolute atomic E-state index is 11.7. The van der Waals surface area contributed by atoms with Gasteiger partial charge in [-0.25, -0.2) is 0 Å². The van der Waals surface area contributed by atoms with Gasteiger partial charge in [0, 0.05) is 19.3 Å². The molecule has 0 radical (unpaired) electrons. The Morgan fingerprint density at radius 1 is 0.810 bits per heavy atom. The molecule has 0 atom stereocenters. The van der Waals surface area contributed by atoms with E-state index in [4.69, 9.17) is 0 Å². The number of Topliss-reactive ketones (excluding diaryl/α,β-unsaturated/α-hetero) is 1. The van der Waals surface area contributed by atoms with Gasteiger partial charge in [0.15, 0.2) is 0 Å². The second-order valence-corrected chi connectivity index (χ2v) is 5.62. The molecule has 0 unspecified atom stereocenters. The van der Waals surface area contributed by atoms with Crippen molar-refractivity contribution in [3.05, 3.63) is 12.7 Å². The van der Waals surface area contributed by atoms with Crippen LogP contribution < -0.4 is 0 Å². The number of ketones is 1. The Hall–Kier alpha value is -1.12. The van der Waals surface area contributed by atoms with Crippen molar-refractivity contribution >= 4 is 11.8 Å². The molecule has 0 aromatic rings. The Morgan fingerprint density at radius 2 is 1.29 bits per heavy atom. The Labute approximate surface area is 130 Å². The number of esters is 1. The molecule has 0 fully saturated rings. The highest BCUT2D eigenvalue weighted by molar-refractivity contribution is 5.78. The van der Waals surface area contributed by atoms with Crippen molar-refractivity contribution in [2.24, 2.45) is 0 Å². The molecule has 0 bridgehead atoms. The topological polar surface area (TPSA) is 43.4 Å². The van der Waals surface area contributed by atoms with E-state index in [0.717, 1.165) is 38.5 Å². The number of ether oxygens (including phenoxy) is 1. The summed E-state index contributed by atoms with van der Waals surface area (Å²) in [6, 6.07) is 0. The van der Waals surface area contributed by atoms with E-state index in [1.807, 2.05) is 6.08 Å². The highest BCUT2D eigenvalue weighted by atomic mass is 16.5. The van der Waals surface area contributed by atoms with Gasteiger partial charge in [-0.05, 0) is 32.1 Å². The van der Waals surface area contributed by atoms with Crippen LogP contribution in [0.1, 0.15) is 83.5 Å². The second-order valence-electron chi connectivity index (χ2n) is 5.62. The number of methoxy groups -OCH3 is 1. The molecule has 0 amide bonds. The first-order valence-electron chi connectivity index (χ1n) is 8.40. The first-order chi connectivity index (χ1) is 10.2. The van der Waals surface area contributed by atoms with E-state index in [1.165, 1.54) is 39.2 Å². The fraction of sp³-hybridized carbons (Fsp3) is 0.778. The van der Waals surface area contributed by atoms with E-state index in [-0.39, 0.29) is 5.97 Å². The summed E-state index contributed by atoms with van der Waals surface area (Å²) in [6.07, 6.45) is 14.9. The third-order valence-corrected chi connectivity index (χ3v) is 3.68. The van der Waals surface area contributed by atoms with E-state index in [9.17, 15) is 9.59 Å². The van der Waals surface area contributed by atoms with Crippen LogP contribution in [0.2, 0.25) is 0 Å². The normalized spacial score (nSPS) is 10.3. The van der Waals surface area contributed by atoms with Crippen LogP contribution >= 0.6 is 0 Å². The lowest BCUT2D eigenvalue weighted by Gasteiger charge is -2.02. The number of unbranched alkanes of at least 4 members (excludes halogenated alkanes) is 8. The van der Waals surface area contributed by atoms with Crippen molar-refractivity contribution in [3.8, 4) is 0 Å². The molecule has 0 aliphatic heterocycles. The molecular formula is C18H32O3. The summed E-state index contributed by atoms with van der Waals surface area (Å²) in [5.41, 5.74) is 0. The summed E-state index contributed by atoms with van der Waals surface area (Å²) in [6.45, 7) is 3.72.